The molecule has 86 valence electrons. The molecule has 1 N–H and O–H groups in total. The van der Waals surface area contributed by atoms with Crippen molar-refractivity contribution in [3.05, 3.63) is 0 Å². The molecule has 2 saturated heterocycles. The largest absolute Gasteiger partial charge is 0.341 e. The smallest absolute Gasteiger partial charge is 0.240 e. The molecule has 2 fully saturated rings. The minimum atomic E-state index is 0.0445. The third-order valence-corrected chi connectivity index (χ3v) is 4.44. The normalized spacial score (nSPS) is 30.5. The Morgan fingerprint density at radius 2 is 2.00 bits per heavy atom. The van der Waals surface area contributed by atoms with Gasteiger partial charge in [0.1, 0.15) is 0 Å². The van der Waals surface area contributed by atoms with Gasteiger partial charge in [0.05, 0.1) is 10.9 Å². The zero-order valence-electron chi connectivity index (χ0n) is 9.58. The summed E-state index contributed by atoms with van der Waals surface area (Å²) in [7, 11) is 0. The fourth-order valence-electron chi connectivity index (χ4n) is 2.26. The highest BCUT2D eigenvalue weighted by molar-refractivity contribution is 8.00. The summed E-state index contributed by atoms with van der Waals surface area (Å²) in [5.41, 5.74) is 0. The summed E-state index contributed by atoms with van der Waals surface area (Å²) in [6.07, 6.45) is 3.63. The molecule has 2 rings (SSSR count). The van der Waals surface area contributed by atoms with Gasteiger partial charge in [-0.1, -0.05) is 0 Å². The molecule has 0 aromatic carbocycles. The summed E-state index contributed by atoms with van der Waals surface area (Å²) in [6.45, 7) is 6.20. The monoisotopic (exact) mass is 228 g/mol. The zero-order chi connectivity index (χ0) is 10.9. The van der Waals surface area contributed by atoms with Crippen LogP contribution in [0.2, 0.25) is 0 Å². The molecule has 0 aromatic heterocycles. The number of thioether (sulfide) groups is 1. The molecule has 2 aliphatic heterocycles. The van der Waals surface area contributed by atoms with Crippen molar-refractivity contribution in [1.82, 2.24) is 10.2 Å². The van der Waals surface area contributed by atoms with Crippen LogP contribution >= 0.6 is 11.8 Å². The van der Waals surface area contributed by atoms with E-state index in [-0.39, 0.29) is 10.9 Å². The minimum absolute atomic E-state index is 0.0445. The average Bonchev–Trinajstić information content (AvgIpc) is 2.59. The van der Waals surface area contributed by atoms with Crippen LogP contribution in [0.15, 0.2) is 0 Å². The molecule has 0 saturated carbocycles. The van der Waals surface area contributed by atoms with E-state index in [0.717, 1.165) is 18.8 Å². The molecule has 3 nitrogen and oxygen atoms in total. The number of nitrogens with zero attached hydrogens (tertiary/aromatic N) is 1. The Morgan fingerprint density at radius 3 is 2.53 bits per heavy atom. The van der Waals surface area contributed by atoms with E-state index in [0.29, 0.717) is 5.91 Å². The highest BCUT2D eigenvalue weighted by Gasteiger charge is 2.36. The second-order valence-electron chi connectivity index (χ2n) is 4.90. The van der Waals surface area contributed by atoms with E-state index < -0.39 is 0 Å². The van der Waals surface area contributed by atoms with Crippen LogP contribution in [0.5, 0.6) is 0 Å². The maximum Gasteiger partial charge on any atom is 0.240 e. The number of rotatable bonds is 1. The summed E-state index contributed by atoms with van der Waals surface area (Å²) in [5.74, 6) is 1.23. The van der Waals surface area contributed by atoms with Crippen LogP contribution in [0.4, 0.5) is 0 Å². The molecule has 0 bridgehead atoms. The first-order valence-corrected chi connectivity index (χ1v) is 6.77. The second-order valence-corrected chi connectivity index (χ2v) is 6.55. The Kier molecular flexibility index (Phi) is 3.26. The summed E-state index contributed by atoms with van der Waals surface area (Å²) < 4.78 is 0. The number of likely N-dealkylation sites (tertiary alicyclic amines) is 1. The number of piperidine rings is 1. The van der Waals surface area contributed by atoms with Gasteiger partial charge < -0.3 is 4.90 Å². The van der Waals surface area contributed by atoms with Crippen molar-refractivity contribution >= 4 is 17.7 Å². The molecule has 15 heavy (non-hydrogen) atoms. The lowest BCUT2D eigenvalue weighted by molar-refractivity contribution is -0.133. The zero-order valence-corrected chi connectivity index (χ0v) is 10.4. The number of hydrogen-bond acceptors (Lipinski definition) is 3. The summed E-state index contributed by atoms with van der Waals surface area (Å²) in [6, 6.07) is 0.0445. The number of carbonyl (C=O) groups excluding carboxylic acids is 1. The van der Waals surface area contributed by atoms with E-state index >= 15 is 0 Å². The molecule has 1 atom stereocenters. The molecular weight excluding hydrogens is 208 g/mol. The van der Waals surface area contributed by atoms with Gasteiger partial charge in [-0.05, 0) is 33.1 Å². The first-order chi connectivity index (χ1) is 7.08. The maximum absolute atomic E-state index is 12.1. The van der Waals surface area contributed by atoms with Crippen LogP contribution in [0.3, 0.4) is 0 Å². The Labute approximate surface area is 96.0 Å². The first-order valence-electron chi connectivity index (χ1n) is 5.79. The topological polar surface area (TPSA) is 32.3 Å². The number of carbonyl (C=O) groups is 1. The van der Waals surface area contributed by atoms with E-state index in [9.17, 15) is 4.79 Å². The highest BCUT2D eigenvalue weighted by atomic mass is 32.2. The van der Waals surface area contributed by atoms with Crippen molar-refractivity contribution in [3.8, 4) is 0 Å². The third-order valence-electron chi connectivity index (χ3n) is 3.10. The van der Waals surface area contributed by atoms with E-state index in [1.165, 1.54) is 19.3 Å². The number of amides is 1. The lowest BCUT2D eigenvalue weighted by Gasteiger charge is -2.29. The predicted molar refractivity (Wildman–Crippen MR) is 63.9 cm³/mol. The number of nitrogens with one attached hydrogen (secondary N) is 1. The standard InChI is InChI=1S/C11H20N2OS/c1-11(2)12-9(8-15-11)10(14)13-6-4-3-5-7-13/h9,12H,3-8H2,1-2H3/t9-/m0/s1. The SMILES string of the molecule is CC1(C)N[C@H](C(=O)N2CCCCC2)CS1. The highest BCUT2D eigenvalue weighted by Crippen LogP contribution is 2.30. The van der Waals surface area contributed by atoms with Crippen molar-refractivity contribution < 1.29 is 4.79 Å². The van der Waals surface area contributed by atoms with Crippen molar-refractivity contribution in [3.63, 3.8) is 0 Å². The summed E-state index contributed by atoms with van der Waals surface area (Å²) >= 11 is 1.84. The Hall–Kier alpha value is -0.220. The maximum atomic E-state index is 12.1. The summed E-state index contributed by atoms with van der Waals surface area (Å²) in [4.78, 5) is 14.2. The van der Waals surface area contributed by atoms with Gasteiger partial charge in [0, 0.05) is 18.8 Å². The van der Waals surface area contributed by atoms with Gasteiger partial charge in [-0.3, -0.25) is 10.1 Å². The van der Waals surface area contributed by atoms with Gasteiger partial charge in [-0.2, -0.15) is 0 Å². The van der Waals surface area contributed by atoms with Crippen LogP contribution in [0, 0.1) is 0 Å². The minimum Gasteiger partial charge on any atom is -0.341 e. The Bertz CT molecular complexity index is 249. The van der Waals surface area contributed by atoms with Gasteiger partial charge in [-0.15, -0.1) is 11.8 Å². The molecule has 0 spiro atoms. The summed E-state index contributed by atoms with van der Waals surface area (Å²) in [5, 5.41) is 3.40. The second kappa shape index (κ2) is 4.34. The van der Waals surface area contributed by atoms with Gasteiger partial charge in [-0.25, -0.2) is 0 Å². The van der Waals surface area contributed by atoms with Crippen LogP contribution < -0.4 is 5.32 Å². The van der Waals surface area contributed by atoms with Crippen molar-refractivity contribution in [2.75, 3.05) is 18.8 Å². The van der Waals surface area contributed by atoms with Gasteiger partial charge in [0.2, 0.25) is 5.91 Å². The Balaban J connectivity index is 1.90. The van der Waals surface area contributed by atoms with E-state index in [4.69, 9.17) is 0 Å². The van der Waals surface area contributed by atoms with E-state index in [1.54, 1.807) is 0 Å². The lowest BCUT2D eigenvalue weighted by atomic mass is 10.1. The van der Waals surface area contributed by atoms with Gasteiger partial charge in [0.25, 0.3) is 0 Å². The van der Waals surface area contributed by atoms with Crippen molar-refractivity contribution in [2.45, 2.75) is 44.0 Å². The fraction of sp³-hybridized carbons (Fsp3) is 0.909. The van der Waals surface area contributed by atoms with E-state index in [1.807, 2.05) is 16.7 Å². The van der Waals surface area contributed by atoms with Crippen LogP contribution in [0.1, 0.15) is 33.1 Å². The third kappa shape index (κ3) is 2.67. The van der Waals surface area contributed by atoms with E-state index in [2.05, 4.69) is 19.2 Å². The average molecular weight is 228 g/mol. The van der Waals surface area contributed by atoms with Crippen molar-refractivity contribution in [2.24, 2.45) is 0 Å². The van der Waals surface area contributed by atoms with Crippen LogP contribution in [0.25, 0.3) is 0 Å². The molecule has 0 aromatic rings. The molecule has 2 aliphatic rings. The molecular formula is C11H20N2OS. The van der Waals surface area contributed by atoms with Gasteiger partial charge in [0.15, 0.2) is 0 Å². The molecule has 0 radical (unpaired) electrons. The predicted octanol–water partition coefficient (Wildman–Crippen LogP) is 1.44. The van der Waals surface area contributed by atoms with Crippen molar-refractivity contribution in [1.29, 1.82) is 0 Å². The molecule has 0 aliphatic carbocycles. The van der Waals surface area contributed by atoms with Crippen LogP contribution in [-0.4, -0.2) is 40.6 Å². The first kappa shape index (κ1) is 11.3. The van der Waals surface area contributed by atoms with Crippen LogP contribution in [-0.2, 0) is 4.79 Å². The number of hydrogen-bond donors (Lipinski definition) is 1. The van der Waals surface area contributed by atoms with Gasteiger partial charge >= 0.3 is 0 Å². The Morgan fingerprint density at radius 1 is 1.33 bits per heavy atom. The molecule has 4 heteroatoms. The lowest BCUT2D eigenvalue weighted by Crippen LogP contribution is -2.49. The molecule has 0 unspecified atom stereocenters. The fourth-order valence-corrected chi connectivity index (χ4v) is 3.30. The molecule has 2 heterocycles. The molecule has 1 amide bonds. The quantitative estimate of drug-likeness (QED) is 0.737.